The fourth-order valence-corrected chi connectivity index (χ4v) is 3.69. The smallest absolute Gasteiger partial charge is 0.326 e. The van der Waals surface area contributed by atoms with Crippen LogP contribution in [-0.2, 0) is 30.4 Å². The Balaban J connectivity index is 3.01. The molecule has 11 heteroatoms. The number of carboxylic acid groups (broad SMARTS) is 2. The SMILES string of the molecule is CCC(C)C(NC(=O)C(CC(C)C)NC(=O)C(CCC(=O)O)NC(=O)C(N)Cc1ccccc1)C(=O)O. The predicted octanol–water partition coefficient (Wildman–Crippen LogP) is 1.05. The van der Waals surface area contributed by atoms with Crippen LogP contribution < -0.4 is 21.7 Å². The normalized spacial score (nSPS) is 15.1. The van der Waals surface area contributed by atoms with Crippen molar-refractivity contribution in [2.75, 3.05) is 0 Å². The number of aliphatic carboxylic acids is 2. The predicted molar refractivity (Wildman–Crippen MR) is 137 cm³/mol. The summed E-state index contributed by atoms with van der Waals surface area (Å²) in [5, 5.41) is 26.2. The van der Waals surface area contributed by atoms with Gasteiger partial charge in [0.05, 0.1) is 6.04 Å². The van der Waals surface area contributed by atoms with E-state index in [0.717, 1.165) is 5.56 Å². The first-order valence-corrected chi connectivity index (χ1v) is 12.5. The maximum absolute atomic E-state index is 13.1. The zero-order chi connectivity index (χ0) is 28.1. The van der Waals surface area contributed by atoms with Crippen molar-refractivity contribution in [3.05, 3.63) is 35.9 Å². The number of hydrogen-bond acceptors (Lipinski definition) is 6. The highest BCUT2D eigenvalue weighted by Crippen LogP contribution is 2.11. The molecule has 206 valence electrons. The second kappa shape index (κ2) is 15.6. The van der Waals surface area contributed by atoms with E-state index in [2.05, 4.69) is 16.0 Å². The highest BCUT2D eigenvalue weighted by atomic mass is 16.4. The lowest BCUT2D eigenvalue weighted by atomic mass is 9.97. The summed E-state index contributed by atoms with van der Waals surface area (Å²) in [4.78, 5) is 61.6. The van der Waals surface area contributed by atoms with Crippen molar-refractivity contribution in [1.82, 2.24) is 16.0 Å². The average molecular weight is 521 g/mol. The Bertz CT molecular complexity index is 923. The van der Waals surface area contributed by atoms with Crippen molar-refractivity contribution in [1.29, 1.82) is 0 Å². The maximum Gasteiger partial charge on any atom is 0.326 e. The minimum absolute atomic E-state index is 0.0331. The molecule has 7 N–H and O–H groups in total. The minimum atomic E-state index is -1.25. The molecular formula is C26H40N4O7. The van der Waals surface area contributed by atoms with Crippen molar-refractivity contribution in [3.8, 4) is 0 Å². The van der Waals surface area contributed by atoms with E-state index >= 15 is 0 Å². The van der Waals surface area contributed by atoms with Gasteiger partial charge in [-0.2, -0.15) is 0 Å². The molecule has 5 unspecified atom stereocenters. The van der Waals surface area contributed by atoms with E-state index in [-0.39, 0.29) is 31.1 Å². The number of hydrogen-bond donors (Lipinski definition) is 6. The lowest BCUT2D eigenvalue weighted by Crippen LogP contribution is -2.58. The van der Waals surface area contributed by atoms with Crippen molar-refractivity contribution in [2.24, 2.45) is 17.6 Å². The molecule has 3 amide bonds. The van der Waals surface area contributed by atoms with E-state index in [1.165, 1.54) is 0 Å². The first kappa shape index (κ1) is 31.6. The standard InChI is InChI=1S/C26H40N4O7/c1-5-16(4)22(26(36)37)30-25(35)20(13-15(2)3)29-24(34)19(11-12-21(31)32)28-23(33)18(27)14-17-9-7-6-8-10-17/h6-10,15-16,18-20,22H,5,11-14,27H2,1-4H3,(H,28,33)(H,29,34)(H,30,35)(H,31,32)(H,36,37). The van der Waals surface area contributed by atoms with Gasteiger partial charge in [0.1, 0.15) is 18.1 Å². The zero-order valence-electron chi connectivity index (χ0n) is 21.9. The number of rotatable bonds is 16. The Morgan fingerprint density at radius 2 is 1.43 bits per heavy atom. The zero-order valence-corrected chi connectivity index (χ0v) is 21.9. The van der Waals surface area contributed by atoms with Gasteiger partial charge in [-0.3, -0.25) is 19.2 Å². The van der Waals surface area contributed by atoms with Crippen LogP contribution in [0.25, 0.3) is 0 Å². The van der Waals surface area contributed by atoms with Crippen LogP contribution in [0.2, 0.25) is 0 Å². The largest absolute Gasteiger partial charge is 0.481 e. The van der Waals surface area contributed by atoms with Gasteiger partial charge in [-0.25, -0.2) is 4.79 Å². The molecule has 0 fully saturated rings. The van der Waals surface area contributed by atoms with Crippen molar-refractivity contribution in [3.63, 3.8) is 0 Å². The van der Waals surface area contributed by atoms with Crippen molar-refractivity contribution < 1.29 is 34.2 Å². The molecule has 0 heterocycles. The lowest BCUT2D eigenvalue weighted by Gasteiger charge is -2.27. The van der Waals surface area contributed by atoms with E-state index < -0.39 is 60.2 Å². The third-order valence-corrected chi connectivity index (χ3v) is 6.03. The summed E-state index contributed by atoms with van der Waals surface area (Å²) in [6.07, 6.45) is 0.321. The Morgan fingerprint density at radius 3 is 1.95 bits per heavy atom. The van der Waals surface area contributed by atoms with Crippen LogP contribution in [0.3, 0.4) is 0 Å². The second-order valence-corrected chi connectivity index (χ2v) is 9.69. The molecule has 1 aromatic rings. The van der Waals surface area contributed by atoms with Crippen molar-refractivity contribution in [2.45, 2.75) is 84.0 Å². The Hall–Kier alpha value is -3.47. The molecule has 1 rings (SSSR count). The molecule has 0 spiro atoms. The molecule has 11 nitrogen and oxygen atoms in total. The molecule has 5 atom stereocenters. The number of carbonyl (C=O) groups is 5. The molecular weight excluding hydrogens is 480 g/mol. The van der Waals surface area contributed by atoms with E-state index in [1.807, 2.05) is 19.9 Å². The summed E-state index contributed by atoms with van der Waals surface area (Å²) in [6.45, 7) is 7.17. The van der Waals surface area contributed by atoms with Crippen LogP contribution in [0.1, 0.15) is 58.9 Å². The quantitative estimate of drug-likeness (QED) is 0.186. The molecule has 0 radical (unpaired) electrons. The first-order valence-electron chi connectivity index (χ1n) is 12.5. The van der Waals surface area contributed by atoms with Gasteiger partial charge >= 0.3 is 11.9 Å². The monoisotopic (exact) mass is 520 g/mol. The number of carboxylic acids is 2. The van der Waals surface area contributed by atoms with E-state index in [0.29, 0.717) is 6.42 Å². The van der Waals surface area contributed by atoms with Crippen LogP contribution in [0.5, 0.6) is 0 Å². The first-order chi connectivity index (χ1) is 17.3. The third kappa shape index (κ3) is 11.4. The van der Waals surface area contributed by atoms with E-state index in [1.54, 1.807) is 38.1 Å². The molecule has 0 aromatic heterocycles. The molecule has 0 saturated heterocycles. The molecule has 0 aliphatic heterocycles. The van der Waals surface area contributed by atoms with Crippen molar-refractivity contribution >= 4 is 29.7 Å². The number of carbonyl (C=O) groups excluding carboxylic acids is 3. The van der Waals surface area contributed by atoms with Gasteiger partial charge in [0.2, 0.25) is 17.7 Å². The Kier molecular flexibility index (Phi) is 13.3. The van der Waals surface area contributed by atoms with E-state index in [9.17, 15) is 29.1 Å². The number of amides is 3. The van der Waals surface area contributed by atoms with Gasteiger partial charge in [0.15, 0.2) is 0 Å². The molecule has 1 aromatic carbocycles. The van der Waals surface area contributed by atoms with Gasteiger partial charge < -0.3 is 31.9 Å². The highest BCUT2D eigenvalue weighted by Gasteiger charge is 2.32. The highest BCUT2D eigenvalue weighted by molar-refractivity contribution is 5.94. The van der Waals surface area contributed by atoms with Gasteiger partial charge in [-0.15, -0.1) is 0 Å². The number of nitrogens with two attached hydrogens (primary N) is 1. The summed E-state index contributed by atoms with van der Waals surface area (Å²) >= 11 is 0. The summed E-state index contributed by atoms with van der Waals surface area (Å²) in [6, 6.07) is 4.59. The summed E-state index contributed by atoms with van der Waals surface area (Å²) in [5.41, 5.74) is 6.83. The molecule has 0 saturated carbocycles. The Morgan fingerprint density at radius 1 is 0.865 bits per heavy atom. The molecule has 0 aliphatic rings. The summed E-state index contributed by atoms with van der Waals surface area (Å²) < 4.78 is 0. The number of nitrogens with one attached hydrogen (secondary N) is 3. The third-order valence-electron chi connectivity index (χ3n) is 6.03. The Labute approximate surface area is 217 Å². The molecule has 37 heavy (non-hydrogen) atoms. The van der Waals surface area contributed by atoms with Crippen LogP contribution in [-0.4, -0.2) is 64.0 Å². The molecule has 0 bridgehead atoms. The fourth-order valence-electron chi connectivity index (χ4n) is 3.69. The van der Waals surface area contributed by atoms with Crippen LogP contribution in [0.15, 0.2) is 30.3 Å². The lowest BCUT2D eigenvalue weighted by molar-refractivity contribution is -0.144. The fraction of sp³-hybridized carbons (Fsp3) is 0.577. The maximum atomic E-state index is 13.1. The number of benzene rings is 1. The van der Waals surface area contributed by atoms with Crippen LogP contribution >= 0.6 is 0 Å². The second-order valence-electron chi connectivity index (χ2n) is 9.69. The van der Waals surface area contributed by atoms with Crippen LogP contribution in [0, 0.1) is 11.8 Å². The van der Waals surface area contributed by atoms with Crippen LogP contribution in [0.4, 0.5) is 0 Å². The molecule has 0 aliphatic carbocycles. The average Bonchev–Trinajstić information content (AvgIpc) is 2.83. The topological polar surface area (TPSA) is 188 Å². The van der Waals surface area contributed by atoms with Gasteiger partial charge in [-0.05, 0) is 36.7 Å². The van der Waals surface area contributed by atoms with Gasteiger partial charge in [0.25, 0.3) is 0 Å². The summed E-state index contributed by atoms with van der Waals surface area (Å²) in [5.74, 6) is -4.77. The minimum Gasteiger partial charge on any atom is -0.481 e. The van der Waals surface area contributed by atoms with Gasteiger partial charge in [0, 0.05) is 6.42 Å². The summed E-state index contributed by atoms with van der Waals surface area (Å²) in [7, 11) is 0. The van der Waals surface area contributed by atoms with E-state index in [4.69, 9.17) is 10.8 Å². The van der Waals surface area contributed by atoms with Gasteiger partial charge in [-0.1, -0.05) is 64.4 Å².